The van der Waals surface area contributed by atoms with Gasteiger partial charge in [-0.1, -0.05) is 6.92 Å². The molecule has 1 aromatic heterocycles. The van der Waals surface area contributed by atoms with Crippen LogP contribution in [0.25, 0.3) is 0 Å². The smallest absolute Gasteiger partial charge is 0.141 e. The fraction of sp³-hybridized carbons (Fsp3) is 0.500. The number of pyridine rings is 1. The number of aromatic nitrogens is 1. The lowest BCUT2D eigenvalue weighted by Crippen LogP contribution is -2.35. The summed E-state index contributed by atoms with van der Waals surface area (Å²) in [7, 11) is 0. The first kappa shape index (κ1) is 11.1. The Kier molecular flexibility index (Phi) is 3.55. The summed E-state index contributed by atoms with van der Waals surface area (Å²) < 4.78 is 12.6. The zero-order valence-corrected chi connectivity index (χ0v) is 8.07. The van der Waals surface area contributed by atoms with Gasteiger partial charge < -0.3 is 10.2 Å². The molecule has 1 rings (SSSR count). The molecule has 0 unspecified atom stereocenters. The van der Waals surface area contributed by atoms with Gasteiger partial charge in [0.05, 0.1) is 30.5 Å². The highest BCUT2D eigenvalue weighted by Crippen LogP contribution is 2.25. The Morgan fingerprint density at radius 1 is 1.36 bits per heavy atom. The van der Waals surface area contributed by atoms with Crippen LogP contribution in [0.5, 0.6) is 0 Å². The van der Waals surface area contributed by atoms with Crippen molar-refractivity contribution in [3.8, 4) is 0 Å². The number of hydrogen-bond donors (Lipinski definition) is 2. The molecule has 14 heavy (non-hydrogen) atoms. The van der Waals surface area contributed by atoms with Gasteiger partial charge in [-0.3, -0.25) is 4.98 Å². The number of rotatable bonds is 4. The lowest BCUT2D eigenvalue weighted by atomic mass is 9.83. The molecule has 0 aromatic carbocycles. The molecule has 0 saturated carbocycles. The topological polar surface area (TPSA) is 53.4 Å². The Labute approximate surface area is 82.2 Å². The van der Waals surface area contributed by atoms with Gasteiger partial charge in [0.15, 0.2) is 0 Å². The molecule has 0 aliphatic heterocycles. The Morgan fingerprint density at radius 2 is 2.00 bits per heavy atom. The van der Waals surface area contributed by atoms with Crippen molar-refractivity contribution in [1.29, 1.82) is 0 Å². The van der Waals surface area contributed by atoms with Crippen molar-refractivity contribution in [2.24, 2.45) is 0 Å². The zero-order chi connectivity index (χ0) is 10.6. The van der Waals surface area contributed by atoms with Crippen LogP contribution in [0.15, 0.2) is 18.3 Å². The first-order valence-corrected chi connectivity index (χ1v) is 4.52. The van der Waals surface area contributed by atoms with Gasteiger partial charge in [-0.25, -0.2) is 4.39 Å². The lowest BCUT2D eigenvalue weighted by molar-refractivity contribution is 0.110. The van der Waals surface area contributed by atoms with Crippen molar-refractivity contribution in [2.45, 2.75) is 18.8 Å². The van der Waals surface area contributed by atoms with E-state index < -0.39 is 11.2 Å². The highest BCUT2D eigenvalue weighted by atomic mass is 19.1. The maximum atomic E-state index is 12.6. The van der Waals surface area contributed by atoms with Crippen molar-refractivity contribution in [1.82, 2.24) is 4.98 Å². The second-order valence-electron chi connectivity index (χ2n) is 3.31. The van der Waals surface area contributed by atoms with E-state index in [1.54, 1.807) is 0 Å². The first-order chi connectivity index (χ1) is 6.68. The summed E-state index contributed by atoms with van der Waals surface area (Å²) in [5.41, 5.74) is -0.236. The number of halogens is 1. The SMILES string of the molecule is CCC(CO)(CO)c1ccc(F)cn1. The van der Waals surface area contributed by atoms with Crippen molar-refractivity contribution in [3.05, 3.63) is 29.8 Å². The van der Waals surface area contributed by atoms with Gasteiger partial charge in [0, 0.05) is 0 Å². The fourth-order valence-corrected chi connectivity index (χ4v) is 1.31. The van der Waals surface area contributed by atoms with Crippen LogP contribution >= 0.6 is 0 Å². The molecule has 1 aromatic rings. The van der Waals surface area contributed by atoms with Crippen LogP contribution in [0.2, 0.25) is 0 Å². The van der Waals surface area contributed by atoms with E-state index in [-0.39, 0.29) is 13.2 Å². The maximum Gasteiger partial charge on any atom is 0.141 e. The van der Waals surface area contributed by atoms with Gasteiger partial charge in [0.25, 0.3) is 0 Å². The summed E-state index contributed by atoms with van der Waals surface area (Å²) in [6.45, 7) is 1.45. The van der Waals surface area contributed by atoms with E-state index >= 15 is 0 Å². The Balaban J connectivity index is 3.05. The summed E-state index contributed by atoms with van der Waals surface area (Å²) in [5, 5.41) is 18.4. The summed E-state index contributed by atoms with van der Waals surface area (Å²) in [6, 6.07) is 2.77. The molecule has 0 radical (unpaired) electrons. The first-order valence-electron chi connectivity index (χ1n) is 4.52. The largest absolute Gasteiger partial charge is 0.395 e. The van der Waals surface area contributed by atoms with Gasteiger partial charge in [-0.05, 0) is 18.6 Å². The highest BCUT2D eigenvalue weighted by Gasteiger charge is 2.30. The van der Waals surface area contributed by atoms with Crippen molar-refractivity contribution in [3.63, 3.8) is 0 Å². The molecule has 2 N–H and O–H groups in total. The number of aliphatic hydroxyl groups is 2. The zero-order valence-electron chi connectivity index (χ0n) is 8.07. The molecule has 3 nitrogen and oxygen atoms in total. The quantitative estimate of drug-likeness (QED) is 0.756. The van der Waals surface area contributed by atoms with Crippen LogP contribution in [0.1, 0.15) is 19.0 Å². The van der Waals surface area contributed by atoms with Crippen molar-refractivity contribution < 1.29 is 14.6 Å². The normalized spacial score (nSPS) is 11.7. The summed E-state index contributed by atoms with van der Waals surface area (Å²) in [4.78, 5) is 3.87. The molecule has 0 saturated heterocycles. The minimum Gasteiger partial charge on any atom is -0.395 e. The van der Waals surface area contributed by atoms with Crippen LogP contribution in [0.3, 0.4) is 0 Å². The molecule has 0 bridgehead atoms. The van der Waals surface area contributed by atoms with Gasteiger partial charge >= 0.3 is 0 Å². The number of nitrogens with zero attached hydrogens (tertiary/aromatic N) is 1. The van der Waals surface area contributed by atoms with E-state index in [4.69, 9.17) is 0 Å². The third-order valence-corrected chi connectivity index (χ3v) is 2.55. The second kappa shape index (κ2) is 4.48. The molecule has 0 fully saturated rings. The molecule has 0 atom stereocenters. The third-order valence-electron chi connectivity index (χ3n) is 2.55. The van der Waals surface area contributed by atoms with Crippen LogP contribution in [-0.4, -0.2) is 28.4 Å². The minimum absolute atomic E-state index is 0.196. The molecule has 4 heteroatoms. The predicted molar refractivity (Wildman–Crippen MR) is 50.3 cm³/mol. The summed E-state index contributed by atoms with van der Waals surface area (Å²) >= 11 is 0. The number of aliphatic hydroxyl groups excluding tert-OH is 2. The van der Waals surface area contributed by atoms with Gasteiger partial charge in [0.2, 0.25) is 0 Å². The molecular formula is C10H14FNO2. The minimum atomic E-state index is -0.756. The molecular weight excluding hydrogens is 185 g/mol. The van der Waals surface area contributed by atoms with Crippen LogP contribution in [0.4, 0.5) is 4.39 Å². The highest BCUT2D eigenvalue weighted by molar-refractivity contribution is 5.17. The molecule has 0 spiro atoms. The van der Waals surface area contributed by atoms with Crippen LogP contribution < -0.4 is 0 Å². The summed E-state index contributed by atoms with van der Waals surface area (Å²) in [5.74, 6) is -0.422. The third kappa shape index (κ3) is 1.91. The van der Waals surface area contributed by atoms with E-state index in [2.05, 4.69) is 4.98 Å². The molecule has 0 aliphatic carbocycles. The van der Waals surface area contributed by atoms with E-state index in [9.17, 15) is 14.6 Å². The average molecular weight is 199 g/mol. The van der Waals surface area contributed by atoms with E-state index in [1.807, 2.05) is 6.92 Å². The predicted octanol–water partition coefficient (Wildman–Crippen LogP) is 0.853. The van der Waals surface area contributed by atoms with Crippen LogP contribution in [0, 0.1) is 5.82 Å². The van der Waals surface area contributed by atoms with Gasteiger partial charge in [-0.2, -0.15) is 0 Å². The Hall–Kier alpha value is -1.00. The van der Waals surface area contributed by atoms with E-state index in [0.29, 0.717) is 12.1 Å². The maximum absolute atomic E-state index is 12.6. The van der Waals surface area contributed by atoms with Gasteiger partial charge in [-0.15, -0.1) is 0 Å². The van der Waals surface area contributed by atoms with Crippen molar-refractivity contribution in [2.75, 3.05) is 13.2 Å². The molecule has 78 valence electrons. The number of hydrogen-bond acceptors (Lipinski definition) is 3. The second-order valence-corrected chi connectivity index (χ2v) is 3.31. The molecule has 1 heterocycles. The van der Waals surface area contributed by atoms with Crippen LogP contribution in [-0.2, 0) is 5.41 Å². The fourth-order valence-electron chi connectivity index (χ4n) is 1.31. The standard InChI is InChI=1S/C10H14FNO2/c1-2-10(6-13,7-14)9-4-3-8(11)5-12-9/h3-5,13-14H,2,6-7H2,1H3. The summed E-state index contributed by atoms with van der Waals surface area (Å²) in [6.07, 6.45) is 1.64. The molecule has 0 amide bonds. The average Bonchev–Trinajstić information content (AvgIpc) is 2.24. The van der Waals surface area contributed by atoms with E-state index in [0.717, 1.165) is 6.20 Å². The lowest BCUT2D eigenvalue weighted by Gasteiger charge is -2.27. The molecule has 0 aliphatic rings. The van der Waals surface area contributed by atoms with Crippen molar-refractivity contribution >= 4 is 0 Å². The monoisotopic (exact) mass is 199 g/mol. The van der Waals surface area contributed by atoms with E-state index in [1.165, 1.54) is 12.1 Å². The van der Waals surface area contributed by atoms with Gasteiger partial charge in [0.1, 0.15) is 5.82 Å². The Morgan fingerprint density at radius 3 is 2.36 bits per heavy atom. The Bertz CT molecular complexity index is 274.